The second-order valence-corrected chi connectivity index (χ2v) is 11.7. The van der Waals surface area contributed by atoms with Gasteiger partial charge in [-0.1, -0.05) is 33.3 Å². The van der Waals surface area contributed by atoms with Crippen LogP contribution in [0.5, 0.6) is 0 Å². The van der Waals surface area contributed by atoms with Crippen LogP contribution in [0.3, 0.4) is 0 Å². The highest BCUT2D eigenvalue weighted by Crippen LogP contribution is 2.23. The molecule has 0 saturated heterocycles. The molecule has 2 unspecified atom stereocenters. The van der Waals surface area contributed by atoms with Gasteiger partial charge in [-0.15, -0.1) is 11.3 Å². The zero-order valence-corrected chi connectivity index (χ0v) is 26.9. The van der Waals surface area contributed by atoms with Crippen LogP contribution < -0.4 is 10.6 Å². The number of amides is 1. The highest BCUT2D eigenvalue weighted by molar-refractivity contribution is 7.14. The number of aryl methyl sites for hydroxylation is 1. The van der Waals surface area contributed by atoms with Crippen LogP contribution in [0.25, 0.3) is 11.4 Å². The molecule has 3 aromatic heterocycles. The predicted octanol–water partition coefficient (Wildman–Crippen LogP) is 7.56. The largest absolute Gasteiger partial charge is 0.365 e. The quantitative estimate of drug-likeness (QED) is 0.206. The number of halogens is 2. The number of nitrogens with one attached hydrogen (secondary N) is 2. The van der Waals surface area contributed by atoms with Crippen molar-refractivity contribution in [2.45, 2.75) is 92.4 Å². The number of hydrogen-bond acceptors (Lipinski definition) is 7. The number of hydrogen-bond donors (Lipinski definition) is 2. The maximum Gasteiger partial charge on any atom is 0.345 e. The molecule has 0 aliphatic rings. The Labute approximate surface area is 253 Å². The average molecular weight is 608 g/mol. The molecule has 0 aliphatic heterocycles. The van der Waals surface area contributed by atoms with Crippen LogP contribution in [-0.2, 0) is 15.1 Å². The van der Waals surface area contributed by atoms with Gasteiger partial charge in [-0.05, 0) is 71.1 Å². The highest BCUT2D eigenvalue weighted by Gasteiger charge is 2.15. The molecular weight excluding hydrogens is 560 g/mol. The van der Waals surface area contributed by atoms with E-state index in [0.29, 0.717) is 24.2 Å². The van der Waals surface area contributed by atoms with Crippen LogP contribution in [-0.4, -0.2) is 53.0 Å². The molecule has 3 aromatic rings. The van der Waals surface area contributed by atoms with Gasteiger partial charge >= 0.3 is 6.61 Å². The highest BCUT2D eigenvalue weighted by atomic mass is 32.1. The molecule has 3 rings (SSSR count). The molecule has 3 heterocycles. The number of carbonyl (C=O) groups is 2. The number of pyridine rings is 1. The van der Waals surface area contributed by atoms with E-state index in [-0.39, 0.29) is 24.1 Å². The standard InChI is InChI=1S/C11H16N2O2.C10H20F2O.C10H11N3S/c1-11(2,3)13-6-4-9(8-13)10(15)12-5-7-14;1-4-8(3)6-7-9(5-2)13-10(11)12;1-7-4-3-5-8(12-7)9-6-14-10(11-2)13-9/h4,6-8H,5H2,1-3H3,(H,12,15);8-10H,4-7H2,1-3H3;3-6H,1-2H3,(H,11,13). The molecule has 0 saturated carbocycles. The summed E-state index contributed by atoms with van der Waals surface area (Å²) in [5.74, 6) is 0.389. The molecule has 8 nitrogen and oxygen atoms in total. The maximum atomic E-state index is 11.9. The van der Waals surface area contributed by atoms with Gasteiger partial charge in [-0.2, -0.15) is 8.78 Å². The normalized spacial score (nSPS) is 12.4. The first-order chi connectivity index (χ1) is 19.8. The van der Waals surface area contributed by atoms with E-state index in [1.54, 1.807) is 23.6 Å². The smallest absolute Gasteiger partial charge is 0.345 e. The van der Waals surface area contributed by atoms with Crippen molar-refractivity contribution in [2.24, 2.45) is 5.92 Å². The summed E-state index contributed by atoms with van der Waals surface area (Å²) in [5, 5.41) is 8.43. The van der Waals surface area contributed by atoms with Crippen molar-refractivity contribution < 1.29 is 23.1 Å². The van der Waals surface area contributed by atoms with E-state index >= 15 is 0 Å². The fraction of sp³-hybridized carbons (Fsp3) is 0.548. The van der Waals surface area contributed by atoms with Gasteiger partial charge in [0.25, 0.3) is 5.91 Å². The van der Waals surface area contributed by atoms with Gasteiger partial charge in [0.05, 0.1) is 23.9 Å². The molecule has 0 spiro atoms. The van der Waals surface area contributed by atoms with Crippen molar-refractivity contribution in [2.75, 3.05) is 18.9 Å². The second kappa shape index (κ2) is 19.1. The van der Waals surface area contributed by atoms with Crippen LogP contribution in [0.1, 0.15) is 83.3 Å². The number of anilines is 1. The van der Waals surface area contributed by atoms with Crippen LogP contribution in [0.4, 0.5) is 13.9 Å². The molecule has 2 atom stereocenters. The number of carbonyl (C=O) groups excluding carboxylic acids is 2. The first kappa shape index (κ1) is 36.8. The minimum atomic E-state index is -2.62. The van der Waals surface area contributed by atoms with Crippen molar-refractivity contribution >= 4 is 28.7 Å². The Bertz CT molecular complexity index is 1190. The fourth-order valence-corrected chi connectivity index (χ4v) is 4.23. The van der Waals surface area contributed by atoms with Crippen LogP contribution in [0.15, 0.2) is 42.0 Å². The molecule has 0 radical (unpaired) electrons. The topological polar surface area (TPSA) is 98.1 Å². The Morgan fingerprint density at radius 2 is 1.83 bits per heavy atom. The summed E-state index contributed by atoms with van der Waals surface area (Å²) in [7, 11) is 1.87. The number of aldehydes is 1. The summed E-state index contributed by atoms with van der Waals surface area (Å²) in [6, 6.07) is 7.69. The van der Waals surface area contributed by atoms with Gasteiger partial charge in [-0.25, -0.2) is 4.98 Å². The minimum Gasteiger partial charge on any atom is -0.365 e. The van der Waals surface area contributed by atoms with E-state index in [2.05, 4.69) is 60.0 Å². The Balaban J connectivity index is 0.000000316. The summed E-state index contributed by atoms with van der Waals surface area (Å²) in [6.07, 6.45) is 7.52. The Hall–Kier alpha value is -3.18. The van der Waals surface area contributed by atoms with Crippen molar-refractivity contribution in [3.05, 3.63) is 53.3 Å². The van der Waals surface area contributed by atoms with Gasteiger partial charge in [0, 0.05) is 36.1 Å². The average Bonchev–Trinajstić information content (AvgIpc) is 3.65. The van der Waals surface area contributed by atoms with E-state index in [4.69, 9.17) is 0 Å². The summed E-state index contributed by atoms with van der Waals surface area (Å²) >= 11 is 1.59. The summed E-state index contributed by atoms with van der Waals surface area (Å²) in [6.45, 7) is 11.7. The van der Waals surface area contributed by atoms with E-state index in [0.717, 1.165) is 41.5 Å². The SMILES string of the molecule is CC(C)(C)n1ccc(C(=O)NCC=O)c1.CCC(C)CCC(CC)OC(F)F.CNc1nc(-c2cccc(C)n2)cs1. The Kier molecular flexibility index (Phi) is 16.8. The van der Waals surface area contributed by atoms with Crippen molar-refractivity contribution in [1.29, 1.82) is 0 Å². The minimum absolute atomic E-state index is 0.0385. The molecule has 0 fully saturated rings. The summed E-state index contributed by atoms with van der Waals surface area (Å²) in [5.41, 5.74) is 3.42. The number of alkyl halides is 2. The lowest BCUT2D eigenvalue weighted by Crippen LogP contribution is -2.25. The monoisotopic (exact) mass is 607 g/mol. The molecular formula is C31H47F2N5O3S. The lowest BCUT2D eigenvalue weighted by Gasteiger charge is -2.20. The van der Waals surface area contributed by atoms with Crippen molar-refractivity contribution in [3.8, 4) is 11.4 Å². The lowest BCUT2D eigenvalue weighted by atomic mass is 10.00. The van der Waals surface area contributed by atoms with E-state index in [1.807, 2.05) is 55.2 Å². The number of nitrogens with zero attached hydrogens (tertiary/aromatic N) is 3. The maximum absolute atomic E-state index is 11.9. The number of aromatic nitrogens is 3. The number of ether oxygens (including phenoxy) is 1. The van der Waals surface area contributed by atoms with E-state index < -0.39 is 6.61 Å². The van der Waals surface area contributed by atoms with Crippen LogP contribution in [0.2, 0.25) is 0 Å². The predicted molar refractivity (Wildman–Crippen MR) is 167 cm³/mol. The number of rotatable bonds is 12. The summed E-state index contributed by atoms with van der Waals surface area (Å²) < 4.78 is 30.1. The van der Waals surface area contributed by atoms with Crippen LogP contribution >= 0.6 is 11.3 Å². The molecule has 0 bridgehead atoms. The van der Waals surface area contributed by atoms with Crippen molar-refractivity contribution in [3.63, 3.8) is 0 Å². The fourth-order valence-electron chi connectivity index (χ4n) is 3.56. The second-order valence-electron chi connectivity index (χ2n) is 10.8. The zero-order chi connectivity index (χ0) is 31.7. The molecule has 1 amide bonds. The van der Waals surface area contributed by atoms with Gasteiger partial charge in [0.2, 0.25) is 0 Å². The lowest BCUT2D eigenvalue weighted by molar-refractivity contribution is -0.165. The van der Waals surface area contributed by atoms with Gasteiger partial charge in [0.15, 0.2) is 5.13 Å². The molecule has 2 N–H and O–H groups in total. The molecule has 42 heavy (non-hydrogen) atoms. The third-order valence-corrected chi connectivity index (χ3v) is 7.23. The van der Waals surface area contributed by atoms with E-state index in [9.17, 15) is 18.4 Å². The Morgan fingerprint density at radius 1 is 1.12 bits per heavy atom. The first-order valence-corrected chi connectivity index (χ1v) is 15.1. The molecule has 0 aliphatic carbocycles. The molecule has 11 heteroatoms. The van der Waals surface area contributed by atoms with Gasteiger partial charge in [0.1, 0.15) is 12.0 Å². The first-order valence-electron chi connectivity index (χ1n) is 14.3. The third-order valence-electron chi connectivity index (χ3n) is 6.37. The van der Waals surface area contributed by atoms with E-state index in [1.165, 1.54) is 0 Å². The summed E-state index contributed by atoms with van der Waals surface area (Å²) in [4.78, 5) is 30.3. The van der Waals surface area contributed by atoms with Crippen LogP contribution in [0, 0.1) is 12.8 Å². The molecule has 0 aromatic carbocycles. The van der Waals surface area contributed by atoms with Gasteiger partial charge in [-0.3, -0.25) is 9.78 Å². The van der Waals surface area contributed by atoms with Crippen molar-refractivity contribution in [1.82, 2.24) is 19.9 Å². The molecule has 234 valence electrons. The third kappa shape index (κ3) is 14.1. The zero-order valence-electron chi connectivity index (χ0n) is 26.1. The Morgan fingerprint density at radius 3 is 2.33 bits per heavy atom. The van der Waals surface area contributed by atoms with Gasteiger partial charge < -0.3 is 24.7 Å². The number of thiazole rings is 1.